The summed E-state index contributed by atoms with van der Waals surface area (Å²) < 4.78 is 9.58. The zero-order valence-corrected chi connectivity index (χ0v) is 11.9. The highest BCUT2D eigenvalue weighted by Crippen LogP contribution is 1.99. The molecule has 0 saturated heterocycles. The van der Waals surface area contributed by atoms with Crippen molar-refractivity contribution < 1.29 is 23.9 Å². The maximum atomic E-state index is 11.3. The number of ether oxygens (including phenoxy) is 2. The minimum Gasteiger partial charge on any atom is -0.462 e. The Morgan fingerprint density at radius 1 is 1.00 bits per heavy atom. The van der Waals surface area contributed by atoms with Gasteiger partial charge < -0.3 is 9.47 Å². The van der Waals surface area contributed by atoms with E-state index in [9.17, 15) is 14.4 Å². The summed E-state index contributed by atoms with van der Waals surface area (Å²) >= 11 is 0. The van der Waals surface area contributed by atoms with Crippen molar-refractivity contribution in [1.29, 1.82) is 0 Å². The summed E-state index contributed by atoms with van der Waals surface area (Å²) in [4.78, 5) is 33.5. The van der Waals surface area contributed by atoms with E-state index in [-0.39, 0.29) is 19.0 Å². The van der Waals surface area contributed by atoms with E-state index in [0.29, 0.717) is 12.8 Å². The van der Waals surface area contributed by atoms with E-state index in [1.54, 1.807) is 6.92 Å². The van der Waals surface area contributed by atoms with E-state index in [4.69, 9.17) is 4.74 Å². The Hall–Kier alpha value is -2.43. The number of Topliss-reactive ketones (excluding diaryl/α,β-unsaturated/α-hetero) is 1. The fourth-order valence-electron chi connectivity index (χ4n) is 1.40. The van der Waals surface area contributed by atoms with E-state index in [0.717, 1.165) is 17.7 Å². The van der Waals surface area contributed by atoms with Crippen molar-refractivity contribution >= 4 is 17.7 Å². The molecule has 0 atom stereocenters. The van der Waals surface area contributed by atoms with Crippen LogP contribution in [0.5, 0.6) is 0 Å². The molecule has 0 bridgehead atoms. The highest BCUT2D eigenvalue weighted by atomic mass is 16.5. The number of carbonyl (C=O) groups excluding carboxylic acids is 3. The van der Waals surface area contributed by atoms with E-state index in [1.807, 2.05) is 30.3 Å². The third-order valence-corrected chi connectivity index (χ3v) is 2.60. The number of hydrogen-bond acceptors (Lipinski definition) is 5. The molecule has 0 amide bonds. The number of rotatable bonds is 8. The lowest BCUT2D eigenvalue weighted by Gasteiger charge is -2.02. The first-order chi connectivity index (χ1) is 10.1. The molecule has 1 aromatic carbocycles. The van der Waals surface area contributed by atoms with Gasteiger partial charge in [-0.25, -0.2) is 9.59 Å². The lowest BCUT2D eigenvalue weighted by Crippen LogP contribution is -2.11. The van der Waals surface area contributed by atoms with Crippen LogP contribution in [-0.4, -0.2) is 30.9 Å². The summed E-state index contributed by atoms with van der Waals surface area (Å²) in [5, 5.41) is 0. The van der Waals surface area contributed by atoms with E-state index in [1.165, 1.54) is 0 Å². The molecule has 112 valence electrons. The van der Waals surface area contributed by atoms with Gasteiger partial charge in [-0.2, -0.15) is 0 Å². The fourth-order valence-corrected chi connectivity index (χ4v) is 1.40. The van der Waals surface area contributed by atoms with Gasteiger partial charge in [0.1, 0.15) is 6.61 Å². The zero-order chi connectivity index (χ0) is 15.5. The Bertz CT molecular complexity index is 505. The summed E-state index contributed by atoms with van der Waals surface area (Å²) in [7, 11) is 0. The van der Waals surface area contributed by atoms with Gasteiger partial charge in [0, 0.05) is 25.0 Å². The Kier molecular flexibility index (Phi) is 7.50. The Labute approximate surface area is 123 Å². The van der Waals surface area contributed by atoms with Gasteiger partial charge >= 0.3 is 11.9 Å². The number of esters is 2. The Balaban J connectivity index is 2.22. The van der Waals surface area contributed by atoms with E-state index in [2.05, 4.69) is 4.74 Å². The van der Waals surface area contributed by atoms with Crippen LogP contribution in [0.1, 0.15) is 18.9 Å². The van der Waals surface area contributed by atoms with Gasteiger partial charge in [0.05, 0.1) is 6.61 Å². The van der Waals surface area contributed by atoms with Gasteiger partial charge in [0.15, 0.2) is 5.78 Å². The highest BCUT2D eigenvalue weighted by Gasteiger charge is 2.04. The molecular formula is C16H18O5. The maximum Gasteiger partial charge on any atom is 0.331 e. The SMILES string of the molecule is CCC(=O)COC(=O)/C=C/C(=O)OCCc1ccccc1. The van der Waals surface area contributed by atoms with Gasteiger partial charge in [-0.3, -0.25) is 4.79 Å². The van der Waals surface area contributed by atoms with Crippen molar-refractivity contribution in [3.63, 3.8) is 0 Å². The van der Waals surface area contributed by atoms with Crippen molar-refractivity contribution in [2.45, 2.75) is 19.8 Å². The maximum absolute atomic E-state index is 11.3. The minimum atomic E-state index is -0.739. The smallest absolute Gasteiger partial charge is 0.331 e. The largest absolute Gasteiger partial charge is 0.462 e. The molecule has 0 aromatic heterocycles. The topological polar surface area (TPSA) is 69.7 Å². The van der Waals surface area contributed by atoms with Crippen LogP contribution >= 0.6 is 0 Å². The van der Waals surface area contributed by atoms with Gasteiger partial charge in [0.2, 0.25) is 0 Å². The van der Waals surface area contributed by atoms with Gasteiger partial charge in [-0.1, -0.05) is 37.3 Å². The molecule has 0 N–H and O–H groups in total. The van der Waals surface area contributed by atoms with Gasteiger partial charge in [-0.05, 0) is 5.56 Å². The fraction of sp³-hybridized carbons (Fsp3) is 0.312. The molecule has 0 saturated carbocycles. The molecule has 1 aromatic rings. The molecule has 0 heterocycles. The average molecular weight is 290 g/mol. The van der Waals surface area contributed by atoms with Crippen LogP contribution in [0, 0.1) is 0 Å². The van der Waals surface area contributed by atoms with Crippen molar-refractivity contribution in [3.8, 4) is 0 Å². The van der Waals surface area contributed by atoms with Crippen LogP contribution < -0.4 is 0 Å². The summed E-state index contributed by atoms with van der Waals surface area (Å²) in [6.45, 7) is 1.63. The van der Waals surface area contributed by atoms with Crippen LogP contribution in [0.15, 0.2) is 42.5 Å². The van der Waals surface area contributed by atoms with Crippen LogP contribution in [-0.2, 0) is 30.3 Å². The van der Waals surface area contributed by atoms with Crippen molar-refractivity contribution in [2.75, 3.05) is 13.2 Å². The standard InChI is InChI=1S/C16H18O5/c1-2-14(17)12-21-16(19)9-8-15(18)20-11-10-13-6-4-3-5-7-13/h3-9H,2,10-12H2,1H3/b9-8+. The summed E-state index contributed by atoms with van der Waals surface area (Å²) in [5.74, 6) is -1.54. The Morgan fingerprint density at radius 3 is 2.24 bits per heavy atom. The van der Waals surface area contributed by atoms with Crippen molar-refractivity contribution in [2.24, 2.45) is 0 Å². The predicted molar refractivity (Wildman–Crippen MR) is 76.5 cm³/mol. The second kappa shape index (κ2) is 9.47. The molecule has 0 aliphatic rings. The molecule has 0 aliphatic heterocycles. The number of benzene rings is 1. The number of ketones is 1. The molecule has 0 aliphatic carbocycles. The minimum absolute atomic E-state index is 0.179. The quantitative estimate of drug-likeness (QED) is 0.540. The van der Waals surface area contributed by atoms with E-state index >= 15 is 0 Å². The van der Waals surface area contributed by atoms with Gasteiger partial charge in [-0.15, -0.1) is 0 Å². The van der Waals surface area contributed by atoms with Crippen molar-refractivity contribution in [3.05, 3.63) is 48.0 Å². The van der Waals surface area contributed by atoms with Crippen LogP contribution in [0.3, 0.4) is 0 Å². The normalized spacial score (nSPS) is 10.3. The zero-order valence-electron chi connectivity index (χ0n) is 11.9. The molecule has 0 fully saturated rings. The predicted octanol–water partition coefficient (Wildman–Crippen LogP) is 1.85. The monoisotopic (exact) mass is 290 g/mol. The summed E-state index contributed by atoms with van der Waals surface area (Å²) in [6.07, 6.45) is 2.85. The lowest BCUT2D eigenvalue weighted by molar-refractivity contribution is -0.143. The van der Waals surface area contributed by atoms with Crippen LogP contribution in [0.2, 0.25) is 0 Å². The first-order valence-corrected chi connectivity index (χ1v) is 6.69. The van der Waals surface area contributed by atoms with Crippen molar-refractivity contribution in [1.82, 2.24) is 0 Å². The highest BCUT2D eigenvalue weighted by molar-refractivity contribution is 5.92. The first-order valence-electron chi connectivity index (χ1n) is 6.69. The molecule has 1 rings (SSSR count). The molecule has 0 radical (unpaired) electrons. The number of carbonyl (C=O) groups is 3. The molecule has 0 spiro atoms. The first kappa shape index (κ1) is 16.6. The lowest BCUT2D eigenvalue weighted by atomic mass is 10.2. The molecule has 21 heavy (non-hydrogen) atoms. The summed E-state index contributed by atoms with van der Waals surface area (Å²) in [5.41, 5.74) is 1.06. The van der Waals surface area contributed by atoms with Crippen LogP contribution in [0.4, 0.5) is 0 Å². The second-order valence-corrected chi connectivity index (χ2v) is 4.24. The molecular weight excluding hydrogens is 272 g/mol. The van der Waals surface area contributed by atoms with Gasteiger partial charge in [0.25, 0.3) is 0 Å². The van der Waals surface area contributed by atoms with E-state index < -0.39 is 11.9 Å². The summed E-state index contributed by atoms with van der Waals surface area (Å²) in [6, 6.07) is 9.60. The third-order valence-electron chi connectivity index (χ3n) is 2.60. The molecule has 0 unspecified atom stereocenters. The average Bonchev–Trinajstić information content (AvgIpc) is 2.51. The van der Waals surface area contributed by atoms with Crippen LogP contribution in [0.25, 0.3) is 0 Å². The Morgan fingerprint density at radius 2 is 1.62 bits per heavy atom. The second-order valence-electron chi connectivity index (χ2n) is 4.24. The number of hydrogen-bond donors (Lipinski definition) is 0. The third kappa shape index (κ3) is 7.67. The molecule has 5 nitrogen and oxygen atoms in total. The molecule has 5 heteroatoms.